The highest BCUT2D eigenvalue weighted by Gasteiger charge is 2.20. The number of hydrogen-bond acceptors (Lipinski definition) is 5. The lowest BCUT2D eigenvalue weighted by Crippen LogP contribution is -2.45. The molecule has 0 aliphatic rings. The largest absolute Gasteiger partial charge is 0.466 e. The predicted molar refractivity (Wildman–Crippen MR) is 338 cm³/mol. The molecule has 2 unspecified atom stereocenters. The second kappa shape index (κ2) is 67.4. The van der Waals surface area contributed by atoms with Crippen LogP contribution in [0.15, 0.2) is 0 Å². The van der Waals surface area contributed by atoms with Gasteiger partial charge in [0, 0.05) is 12.8 Å². The first-order chi connectivity index (χ1) is 38.0. The molecule has 0 aromatic heterocycles. The molecule has 460 valence electrons. The highest BCUT2D eigenvalue weighted by Crippen LogP contribution is 2.20. The summed E-state index contributed by atoms with van der Waals surface area (Å²) in [5.41, 5.74) is 0. The average molecular weight is 1090 g/mol. The van der Waals surface area contributed by atoms with Crippen molar-refractivity contribution in [1.82, 2.24) is 5.32 Å². The smallest absolute Gasteiger partial charge is 0.305 e. The monoisotopic (exact) mass is 1090 g/mol. The van der Waals surface area contributed by atoms with Crippen molar-refractivity contribution in [2.24, 2.45) is 0 Å². The van der Waals surface area contributed by atoms with E-state index in [1.165, 1.54) is 347 Å². The van der Waals surface area contributed by atoms with E-state index in [-0.39, 0.29) is 18.5 Å². The zero-order valence-corrected chi connectivity index (χ0v) is 52.7. The molecular weight excluding hydrogens is 947 g/mol. The van der Waals surface area contributed by atoms with Crippen LogP contribution in [-0.4, -0.2) is 47.4 Å². The van der Waals surface area contributed by atoms with Crippen LogP contribution in [0.25, 0.3) is 0 Å². The highest BCUT2D eigenvalue weighted by molar-refractivity contribution is 5.76. The topological polar surface area (TPSA) is 95.9 Å². The van der Waals surface area contributed by atoms with Gasteiger partial charge in [0.25, 0.3) is 0 Å². The van der Waals surface area contributed by atoms with Crippen LogP contribution in [0.1, 0.15) is 418 Å². The second-order valence-electron chi connectivity index (χ2n) is 24.9. The van der Waals surface area contributed by atoms with Crippen molar-refractivity contribution in [2.75, 3.05) is 13.2 Å². The molecule has 0 saturated heterocycles. The number of carbonyl (C=O) groups is 2. The molecule has 0 aromatic rings. The number of unbranched alkanes of at least 4 members (excludes halogenated alkanes) is 57. The maximum atomic E-state index is 12.6. The first-order valence-electron chi connectivity index (χ1n) is 35.8. The third-order valence-electron chi connectivity index (χ3n) is 17.2. The van der Waals surface area contributed by atoms with Crippen LogP contribution in [0.3, 0.4) is 0 Å². The van der Waals surface area contributed by atoms with E-state index < -0.39 is 12.1 Å². The number of amides is 1. The molecule has 0 aliphatic heterocycles. The Morgan fingerprint density at radius 2 is 0.532 bits per heavy atom. The van der Waals surface area contributed by atoms with Crippen molar-refractivity contribution in [3.05, 3.63) is 0 Å². The van der Waals surface area contributed by atoms with Crippen LogP contribution in [0.2, 0.25) is 0 Å². The Kier molecular flexibility index (Phi) is 66.4. The molecule has 0 saturated carbocycles. The molecule has 0 radical (unpaired) electrons. The van der Waals surface area contributed by atoms with Gasteiger partial charge in [0.05, 0.1) is 25.4 Å². The molecule has 0 heterocycles. The lowest BCUT2D eigenvalue weighted by atomic mass is 10.0. The minimum Gasteiger partial charge on any atom is -0.466 e. The van der Waals surface area contributed by atoms with E-state index in [9.17, 15) is 19.8 Å². The van der Waals surface area contributed by atoms with E-state index >= 15 is 0 Å². The first-order valence-corrected chi connectivity index (χ1v) is 35.8. The van der Waals surface area contributed by atoms with Crippen molar-refractivity contribution in [3.8, 4) is 0 Å². The summed E-state index contributed by atoms with van der Waals surface area (Å²) in [5, 5.41) is 23.4. The van der Waals surface area contributed by atoms with Crippen LogP contribution < -0.4 is 5.32 Å². The fourth-order valence-electron chi connectivity index (χ4n) is 11.7. The fraction of sp³-hybridized carbons (Fsp3) is 0.972. The van der Waals surface area contributed by atoms with Gasteiger partial charge in [0.2, 0.25) is 5.91 Å². The molecule has 2 atom stereocenters. The zero-order chi connectivity index (χ0) is 55.7. The average Bonchev–Trinajstić information content (AvgIpc) is 3.43. The zero-order valence-electron chi connectivity index (χ0n) is 52.7. The number of ether oxygens (including phenoxy) is 1. The summed E-state index contributed by atoms with van der Waals surface area (Å²) in [7, 11) is 0. The summed E-state index contributed by atoms with van der Waals surface area (Å²) in [6, 6.07) is -0.542. The summed E-state index contributed by atoms with van der Waals surface area (Å²) in [6.07, 6.45) is 81.5. The van der Waals surface area contributed by atoms with E-state index in [0.29, 0.717) is 25.9 Å². The van der Waals surface area contributed by atoms with Gasteiger partial charge in [0.15, 0.2) is 0 Å². The SMILES string of the molecule is CCCCCCCCCCCCCCCCCCCCCCCCCCC(O)C(CO)NC(=O)CCCCCCCCCCCCCCCCCCCCCCCOC(=O)CCCCCCCCCCCCCCCCC. The number of hydrogen-bond donors (Lipinski definition) is 3. The fourth-order valence-corrected chi connectivity index (χ4v) is 11.7. The van der Waals surface area contributed by atoms with E-state index in [0.717, 1.165) is 38.5 Å². The lowest BCUT2D eigenvalue weighted by Gasteiger charge is -2.22. The lowest BCUT2D eigenvalue weighted by molar-refractivity contribution is -0.143. The van der Waals surface area contributed by atoms with Gasteiger partial charge >= 0.3 is 5.97 Å². The van der Waals surface area contributed by atoms with E-state index in [4.69, 9.17) is 4.74 Å². The van der Waals surface area contributed by atoms with Crippen molar-refractivity contribution >= 4 is 11.9 Å². The Balaban J connectivity index is 3.37. The predicted octanol–water partition coefficient (Wildman–Crippen LogP) is 23.0. The molecule has 77 heavy (non-hydrogen) atoms. The maximum absolute atomic E-state index is 12.6. The van der Waals surface area contributed by atoms with Crippen LogP contribution in [-0.2, 0) is 14.3 Å². The van der Waals surface area contributed by atoms with Gasteiger partial charge in [-0.1, -0.05) is 380 Å². The van der Waals surface area contributed by atoms with Gasteiger partial charge in [-0.15, -0.1) is 0 Å². The molecule has 6 nitrogen and oxygen atoms in total. The van der Waals surface area contributed by atoms with Crippen molar-refractivity contribution < 1.29 is 24.5 Å². The molecule has 0 fully saturated rings. The molecule has 0 spiro atoms. The number of aliphatic hydroxyl groups is 2. The summed E-state index contributed by atoms with van der Waals surface area (Å²) < 4.78 is 5.50. The van der Waals surface area contributed by atoms with Crippen LogP contribution in [0.5, 0.6) is 0 Å². The molecule has 6 heteroatoms. The Morgan fingerprint density at radius 3 is 0.792 bits per heavy atom. The Hall–Kier alpha value is -1.14. The van der Waals surface area contributed by atoms with Gasteiger partial charge in [-0.05, 0) is 25.7 Å². The third kappa shape index (κ3) is 63.9. The number of esters is 1. The molecule has 0 aliphatic carbocycles. The minimum absolute atomic E-state index is 0.0166. The van der Waals surface area contributed by atoms with E-state index in [1.807, 2.05) is 0 Å². The Morgan fingerprint density at radius 1 is 0.312 bits per heavy atom. The molecule has 1 amide bonds. The standard InChI is InChI=1S/C71H141NO5/c1-3-5-7-9-11-13-15-17-19-20-21-22-23-24-26-29-32-36-39-43-47-51-55-59-63-69(74)68(67-73)72-70(75)64-60-56-52-48-44-40-37-33-30-27-25-28-31-34-38-42-46-50-54-58-62-66-77-71(76)65-61-57-53-49-45-41-35-18-16-14-12-10-8-6-4-2/h68-69,73-74H,3-67H2,1-2H3,(H,72,75). The van der Waals surface area contributed by atoms with E-state index in [2.05, 4.69) is 19.2 Å². The normalized spacial score (nSPS) is 12.4. The number of rotatable bonds is 68. The number of nitrogens with one attached hydrogen (secondary N) is 1. The van der Waals surface area contributed by atoms with Crippen molar-refractivity contribution in [3.63, 3.8) is 0 Å². The Labute approximate surface area is 483 Å². The van der Waals surface area contributed by atoms with Crippen LogP contribution >= 0.6 is 0 Å². The summed E-state index contributed by atoms with van der Waals surface area (Å²) >= 11 is 0. The van der Waals surface area contributed by atoms with Crippen LogP contribution in [0.4, 0.5) is 0 Å². The molecular formula is C71H141NO5. The second-order valence-corrected chi connectivity index (χ2v) is 24.9. The van der Waals surface area contributed by atoms with Crippen LogP contribution in [0, 0.1) is 0 Å². The number of carbonyl (C=O) groups excluding carboxylic acids is 2. The molecule has 0 rings (SSSR count). The minimum atomic E-state index is -0.665. The molecule has 0 bridgehead atoms. The van der Waals surface area contributed by atoms with Gasteiger partial charge < -0.3 is 20.3 Å². The summed E-state index contributed by atoms with van der Waals surface area (Å²) in [5.74, 6) is -0.0132. The highest BCUT2D eigenvalue weighted by atomic mass is 16.5. The van der Waals surface area contributed by atoms with Crippen molar-refractivity contribution in [2.45, 2.75) is 431 Å². The van der Waals surface area contributed by atoms with E-state index in [1.54, 1.807) is 0 Å². The maximum Gasteiger partial charge on any atom is 0.305 e. The number of aliphatic hydroxyl groups excluding tert-OH is 2. The quantitative estimate of drug-likeness (QED) is 0.0417. The third-order valence-corrected chi connectivity index (χ3v) is 17.2. The van der Waals surface area contributed by atoms with Gasteiger partial charge in [0.1, 0.15) is 0 Å². The summed E-state index contributed by atoms with van der Waals surface area (Å²) in [6.45, 7) is 5.00. The van der Waals surface area contributed by atoms with Crippen molar-refractivity contribution in [1.29, 1.82) is 0 Å². The van der Waals surface area contributed by atoms with Gasteiger partial charge in [-0.25, -0.2) is 0 Å². The van der Waals surface area contributed by atoms with Gasteiger partial charge in [-0.3, -0.25) is 9.59 Å². The molecule has 3 N–H and O–H groups in total. The summed E-state index contributed by atoms with van der Waals surface area (Å²) in [4.78, 5) is 24.6. The Bertz CT molecular complexity index is 1120. The molecule has 0 aromatic carbocycles. The van der Waals surface area contributed by atoms with Gasteiger partial charge in [-0.2, -0.15) is 0 Å². The first kappa shape index (κ1) is 75.9.